The Balaban J connectivity index is 1.66. The third-order valence-electron chi connectivity index (χ3n) is 3.20. The fraction of sp³-hybridized carbons (Fsp3) is 0.167. The third-order valence-corrected chi connectivity index (χ3v) is 4.14. The van der Waals surface area contributed by atoms with Crippen molar-refractivity contribution >= 4 is 17.3 Å². The molecule has 5 nitrogen and oxygen atoms in total. The van der Waals surface area contributed by atoms with E-state index in [0.29, 0.717) is 17.9 Å². The molecule has 2 aromatic heterocycles. The molecule has 0 aliphatic rings. The van der Waals surface area contributed by atoms with Crippen LogP contribution in [0.4, 0.5) is 0 Å². The van der Waals surface area contributed by atoms with Gasteiger partial charge in [0, 0.05) is 17.1 Å². The smallest absolute Gasteiger partial charge is 0.344 e. The number of ether oxygens (including phenoxy) is 2. The molecule has 6 heteroatoms. The Morgan fingerprint density at radius 2 is 2.00 bits per heavy atom. The summed E-state index contributed by atoms with van der Waals surface area (Å²) in [5.41, 5.74) is 2.08. The molecule has 0 saturated carbocycles. The Morgan fingerprint density at radius 3 is 2.79 bits per heavy atom. The van der Waals surface area contributed by atoms with E-state index < -0.39 is 5.97 Å². The van der Waals surface area contributed by atoms with Crippen LogP contribution in [0.2, 0.25) is 0 Å². The van der Waals surface area contributed by atoms with Crippen LogP contribution < -0.4 is 4.74 Å². The third kappa shape index (κ3) is 3.78. The molecule has 0 fully saturated rings. The lowest BCUT2D eigenvalue weighted by molar-refractivity contribution is 0.0463. The van der Waals surface area contributed by atoms with Crippen molar-refractivity contribution in [1.29, 1.82) is 0 Å². The predicted molar refractivity (Wildman–Crippen MR) is 92.1 cm³/mol. The van der Waals surface area contributed by atoms with Crippen LogP contribution in [0.1, 0.15) is 23.0 Å². The van der Waals surface area contributed by atoms with Crippen molar-refractivity contribution in [2.45, 2.75) is 13.5 Å². The van der Waals surface area contributed by atoms with Gasteiger partial charge in [0.05, 0.1) is 12.3 Å². The van der Waals surface area contributed by atoms with Crippen LogP contribution in [-0.4, -0.2) is 22.5 Å². The first-order chi connectivity index (χ1) is 11.8. The van der Waals surface area contributed by atoms with Gasteiger partial charge in [-0.2, -0.15) is 0 Å². The Hall–Kier alpha value is -2.73. The van der Waals surface area contributed by atoms with Crippen LogP contribution in [0.25, 0.3) is 10.6 Å². The van der Waals surface area contributed by atoms with Gasteiger partial charge in [-0.25, -0.2) is 14.8 Å². The summed E-state index contributed by atoms with van der Waals surface area (Å²) in [6, 6.07) is 13.2. The average Bonchev–Trinajstić information content (AvgIpc) is 3.10. The molecule has 3 rings (SSSR count). The van der Waals surface area contributed by atoms with Gasteiger partial charge >= 0.3 is 5.97 Å². The quantitative estimate of drug-likeness (QED) is 0.636. The van der Waals surface area contributed by atoms with Gasteiger partial charge in [-0.15, -0.1) is 11.3 Å². The number of thiazole rings is 1. The topological polar surface area (TPSA) is 61.3 Å². The summed E-state index contributed by atoms with van der Waals surface area (Å²) in [6.07, 6.45) is 1.58. The lowest BCUT2D eigenvalue weighted by atomic mass is 10.2. The monoisotopic (exact) mass is 340 g/mol. The predicted octanol–water partition coefficient (Wildman–Crippen LogP) is 3.96. The summed E-state index contributed by atoms with van der Waals surface area (Å²) in [5, 5.41) is 2.79. The number of rotatable bonds is 6. The molecule has 0 N–H and O–H groups in total. The largest absolute Gasteiger partial charge is 0.477 e. The second-order valence-electron chi connectivity index (χ2n) is 4.88. The summed E-state index contributed by atoms with van der Waals surface area (Å²) in [5.74, 6) is -0.186. The summed E-state index contributed by atoms with van der Waals surface area (Å²) in [7, 11) is 0. The highest BCUT2D eigenvalue weighted by molar-refractivity contribution is 7.13. The molecule has 0 unspecified atom stereocenters. The lowest BCUT2D eigenvalue weighted by Crippen LogP contribution is -2.09. The van der Waals surface area contributed by atoms with E-state index in [1.54, 1.807) is 18.3 Å². The van der Waals surface area contributed by atoms with E-state index in [0.717, 1.165) is 10.6 Å². The Kier molecular flexibility index (Phi) is 5.18. The molecule has 0 radical (unpaired) electrons. The Labute approximate surface area is 143 Å². The highest BCUT2D eigenvalue weighted by Crippen LogP contribution is 2.24. The number of aromatic nitrogens is 2. The highest BCUT2D eigenvalue weighted by Gasteiger charge is 2.15. The molecule has 2 heterocycles. The number of hydrogen-bond acceptors (Lipinski definition) is 6. The van der Waals surface area contributed by atoms with Crippen LogP contribution in [0.5, 0.6) is 5.88 Å². The van der Waals surface area contributed by atoms with Crippen LogP contribution in [0.15, 0.2) is 54.0 Å². The van der Waals surface area contributed by atoms with Gasteiger partial charge in [0.1, 0.15) is 17.2 Å². The van der Waals surface area contributed by atoms with Crippen molar-refractivity contribution in [3.8, 4) is 16.5 Å². The number of hydrogen-bond donors (Lipinski definition) is 0. The van der Waals surface area contributed by atoms with E-state index in [4.69, 9.17) is 9.47 Å². The molecule has 3 aromatic rings. The van der Waals surface area contributed by atoms with Gasteiger partial charge in [-0.3, -0.25) is 0 Å². The van der Waals surface area contributed by atoms with Gasteiger partial charge in [0.25, 0.3) is 0 Å². The van der Waals surface area contributed by atoms with E-state index >= 15 is 0 Å². The van der Waals surface area contributed by atoms with Crippen molar-refractivity contribution in [2.75, 3.05) is 6.61 Å². The first-order valence-electron chi connectivity index (χ1n) is 7.52. The van der Waals surface area contributed by atoms with Gasteiger partial charge in [-0.1, -0.05) is 30.3 Å². The molecule has 0 amide bonds. The van der Waals surface area contributed by atoms with Gasteiger partial charge in [0.15, 0.2) is 0 Å². The Bertz CT molecular complexity index is 818. The van der Waals surface area contributed by atoms with Crippen molar-refractivity contribution in [3.05, 3.63) is 65.3 Å². The molecule has 1 aromatic carbocycles. The standard InChI is InChI=1S/C18H16N2O3S/c1-2-22-16-15(9-6-10-19-16)18(21)23-11-14-12-24-17(20-14)13-7-4-3-5-8-13/h3-10,12H,2,11H2,1H3. The molecule has 0 bridgehead atoms. The van der Waals surface area contributed by atoms with Crippen LogP contribution in [-0.2, 0) is 11.3 Å². The molecular formula is C18H16N2O3S. The van der Waals surface area contributed by atoms with Gasteiger partial charge in [-0.05, 0) is 19.1 Å². The molecule has 0 atom stereocenters. The molecule has 0 aliphatic heterocycles. The molecule has 0 saturated heterocycles. The maximum atomic E-state index is 12.2. The number of esters is 1. The van der Waals surface area contributed by atoms with E-state index in [1.165, 1.54) is 11.3 Å². The Morgan fingerprint density at radius 1 is 1.17 bits per heavy atom. The maximum Gasteiger partial charge on any atom is 0.344 e. The number of carbonyl (C=O) groups excluding carboxylic acids is 1. The zero-order valence-electron chi connectivity index (χ0n) is 13.1. The fourth-order valence-electron chi connectivity index (χ4n) is 2.10. The molecule has 24 heavy (non-hydrogen) atoms. The summed E-state index contributed by atoms with van der Waals surface area (Å²) in [6.45, 7) is 2.39. The first-order valence-corrected chi connectivity index (χ1v) is 8.40. The SMILES string of the molecule is CCOc1ncccc1C(=O)OCc1csc(-c2ccccc2)n1. The van der Waals surface area contributed by atoms with Crippen molar-refractivity contribution in [3.63, 3.8) is 0 Å². The second kappa shape index (κ2) is 7.70. The summed E-state index contributed by atoms with van der Waals surface area (Å²) in [4.78, 5) is 20.8. The first kappa shape index (κ1) is 16.1. The number of pyridine rings is 1. The minimum atomic E-state index is -0.471. The normalized spacial score (nSPS) is 10.4. The van der Waals surface area contributed by atoms with Crippen LogP contribution >= 0.6 is 11.3 Å². The molecule has 122 valence electrons. The van der Waals surface area contributed by atoms with E-state index in [-0.39, 0.29) is 12.5 Å². The zero-order chi connectivity index (χ0) is 16.8. The van der Waals surface area contributed by atoms with Crippen molar-refractivity contribution < 1.29 is 14.3 Å². The zero-order valence-corrected chi connectivity index (χ0v) is 14.0. The minimum absolute atomic E-state index is 0.114. The summed E-state index contributed by atoms with van der Waals surface area (Å²) >= 11 is 1.52. The maximum absolute atomic E-state index is 12.2. The van der Waals surface area contributed by atoms with Crippen molar-refractivity contribution in [1.82, 2.24) is 9.97 Å². The van der Waals surface area contributed by atoms with E-state index in [2.05, 4.69) is 9.97 Å². The second-order valence-corrected chi connectivity index (χ2v) is 5.73. The van der Waals surface area contributed by atoms with Crippen LogP contribution in [0.3, 0.4) is 0 Å². The van der Waals surface area contributed by atoms with Crippen molar-refractivity contribution in [2.24, 2.45) is 0 Å². The van der Waals surface area contributed by atoms with Gasteiger partial charge < -0.3 is 9.47 Å². The highest BCUT2D eigenvalue weighted by atomic mass is 32.1. The molecule has 0 spiro atoms. The van der Waals surface area contributed by atoms with E-state index in [1.807, 2.05) is 42.6 Å². The number of carbonyl (C=O) groups is 1. The number of benzene rings is 1. The van der Waals surface area contributed by atoms with E-state index in [9.17, 15) is 4.79 Å². The lowest BCUT2D eigenvalue weighted by Gasteiger charge is -2.07. The summed E-state index contributed by atoms with van der Waals surface area (Å²) < 4.78 is 10.7. The molecule has 0 aliphatic carbocycles. The number of nitrogens with zero attached hydrogens (tertiary/aromatic N) is 2. The average molecular weight is 340 g/mol. The van der Waals surface area contributed by atoms with Gasteiger partial charge in [0.2, 0.25) is 5.88 Å². The minimum Gasteiger partial charge on any atom is -0.477 e. The fourth-order valence-corrected chi connectivity index (χ4v) is 2.91. The molecular weight excluding hydrogens is 324 g/mol. The van der Waals surface area contributed by atoms with Crippen LogP contribution in [0, 0.1) is 0 Å².